The van der Waals surface area contributed by atoms with E-state index in [0.29, 0.717) is 23.6 Å². The highest BCUT2D eigenvalue weighted by Crippen LogP contribution is 2.51. The van der Waals surface area contributed by atoms with Crippen LogP contribution < -0.4 is 24.4 Å². The highest BCUT2D eigenvalue weighted by molar-refractivity contribution is 5.98. The van der Waals surface area contributed by atoms with Gasteiger partial charge < -0.3 is 24.4 Å². The molecule has 0 spiro atoms. The van der Waals surface area contributed by atoms with Gasteiger partial charge in [0.15, 0.2) is 0 Å². The molecule has 202 valence electrons. The molecule has 2 aliphatic heterocycles. The number of esters is 1. The molecule has 4 aromatic rings. The lowest BCUT2D eigenvalue weighted by Gasteiger charge is -2.33. The number of aryl methyl sites for hydroxylation is 1. The van der Waals surface area contributed by atoms with Crippen molar-refractivity contribution in [3.05, 3.63) is 107 Å². The Bertz CT molecular complexity index is 1670. The van der Waals surface area contributed by atoms with Crippen LogP contribution in [0, 0.1) is 6.92 Å². The van der Waals surface area contributed by atoms with Gasteiger partial charge in [0.1, 0.15) is 17.2 Å². The third-order valence-electron chi connectivity index (χ3n) is 7.55. The Morgan fingerprint density at radius 3 is 2.38 bits per heavy atom. The molecule has 0 unspecified atom stereocenters. The molecule has 2 aliphatic rings. The molecule has 4 aromatic carbocycles. The predicted molar refractivity (Wildman–Crippen MR) is 159 cm³/mol. The van der Waals surface area contributed by atoms with E-state index in [2.05, 4.69) is 48.3 Å². The van der Waals surface area contributed by atoms with Gasteiger partial charge in [-0.25, -0.2) is 4.79 Å². The largest absolute Gasteiger partial charge is 0.496 e. The predicted octanol–water partition coefficient (Wildman–Crippen LogP) is 7.46. The standard InChI is InChI=1S/C34H32N2O4/c1-21-10-6-7-11-23(21)33(37)40-22-14-15-25(31(18-22)39-5)24-16-17-27-32-26(24)20-36(29(32)19-34(2,3)35-27)28-12-8-9-13-30(28)38-4/h6-19,35H,20H2,1-5H3. The molecule has 6 rings (SSSR count). The fourth-order valence-corrected chi connectivity index (χ4v) is 5.70. The number of rotatable bonds is 6. The molecule has 0 bridgehead atoms. The molecule has 0 saturated heterocycles. The number of nitrogens with one attached hydrogen (secondary N) is 1. The fourth-order valence-electron chi connectivity index (χ4n) is 5.70. The molecule has 6 heteroatoms. The Kier molecular flexibility index (Phi) is 6.26. The second-order valence-corrected chi connectivity index (χ2v) is 10.7. The van der Waals surface area contributed by atoms with E-state index >= 15 is 0 Å². The molecule has 0 amide bonds. The maximum atomic E-state index is 12.8. The van der Waals surface area contributed by atoms with Crippen LogP contribution in [-0.4, -0.2) is 25.7 Å². The van der Waals surface area contributed by atoms with Crippen LogP contribution in [-0.2, 0) is 6.54 Å². The Labute approximate surface area is 234 Å². The fraction of sp³-hybridized carbons (Fsp3) is 0.206. The molecular weight excluding hydrogens is 500 g/mol. The summed E-state index contributed by atoms with van der Waals surface area (Å²) in [5, 5.41) is 3.68. The van der Waals surface area contributed by atoms with E-state index < -0.39 is 5.97 Å². The first-order valence-electron chi connectivity index (χ1n) is 13.3. The zero-order valence-electron chi connectivity index (χ0n) is 23.4. The van der Waals surface area contributed by atoms with E-state index in [-0.39, 0.29) is 5.54 Å². The van der Waals surface area contributed by atoms with Gasteiger partial charge in [0.2, 0.25) is 0 Å². The van der Waals surface area contributed by atoms with Crippen LogP contribution in [0.2, 0.25) is 0 Å². The number of benzene rings is 4. The van der Waals surface area contributed by atoms with Gasteiger partial charge in [0.25, 0.3) is 0 Å². The molecule has 2 heterocycles. The molecule has 0 fully saturated rings. The Balaban J connectivity index is 1.42. The van der Waals surface area contributed by atoms with Crippen molar-refractivity contribution in [3.8, 4) is 28.4 Å². The average molecular weight is 533 g/mol. The molecular formula is C34H32N2O4. The quantitative estimate of drug-likeness (QED) is 0.205. The lowest BCUT2D eigenvalue weighted by Crippen LogP contribution is -2.33. The first kappa shape index (κ1) is 25.6. The van der Waals surface area contributed by atoms with Gasteiger partial charge in [0.05, 0.1) is 31.0 Å². The van der Waals surface area contributed by atoms with Crippen LogP contribution in [0.4, 0.5) is 11.4 Å². The minimum absolute atomic E-state index is 0.216. The smallest absolute Gasteiger partial charge is 0.343 e. The first-order chi connectivity index (χ1) is 19.3. The normalized spacial score (nSPS) is 14.6. The number of methoxy groups -OCH3 is 2. The number of ether oxygens (including phenoxy) is 3. The Morgan fingerprint density at radius 1 is 0.875 bits per heavy atom. The zero-order valence-corrected chi connectivity index (χ0v) is 23.4. The minimum atomic E-state index is -0.392. The molecule has 0 atom stereocenters. The lowest BCUT2D eigenvalue weighted by atomic mass is 9.89. The summed E-state index contributed by atoms with van der Waals surface area (Å²) in [5.41, 5.74) is 8.84. The molecule has 40 heavy (non-hydrogen) atoms. The topological polar surface area (TPSA) is 60.0 Å². The highest BCUT2D eigenvalue weighted by atomic mass is 16.5. The van der Waals surface area contributed by atoms with E-state index in [1.54, 1.807) is 26.4 Å². The van der Waals surface area contributed by atoms with E-state index in [0.717, 1.165) is 39.5 Å². The molecule has 0 aromatic heterocycles. The maximum absolute atomic E-state index is 12.8. The van der Waals surface area contributed by atoms with E-state index in [1.807, 2.05) is 55.5 Å². The van der Waals surface area contributed by atoms with Gasteiger partial charge in [0, 0.05) is 35.1 Å². The third kappa shape index (κ3) is 4.35. The molecule has 0 saturated carbocycles. The zero-order chi connectivity index (χ0) is 28.0. The molecule has 6 nitrogen and oxygen atoms in total. The van der Waals surface area contributed by atoms with Crippen molar-refractivity contribution in [1.29, 1.82) is 0 Å². The monoisotopic (exact) mass is 532 g/mol. The number of hydrogen-bond donors (Lipinski definition) is 1. The van der Waals surface area contributed by atoms with Crippen LogP contribution in [0.5, 0.6) is 17.2 Å². The molecule has 0 aliphatic carbocycles. The van der Waals surface area contributed by atoms with Crippen molar-refractivity contribution in [1.82, 2.24) is 0 Å². The van der Waals surface area contributed by atoms with Crippen molar-refractivity contribution >= 4 is 23.0 Å². The van der Waals surface area contributed by atoms with Crippen molar-refractivity contribution in [2.45, 2.75) is 32.9 Å². The number of carbonyl (C=O) groups excluding carboxylic acids is 1. The maximum Gasteiger partial charge on any atom is 0.343 e. The summed E-state index contributed by atoms with van der Waals surface area (Å²) in [7, 11) is 3.35. The van der Waals surface area contributed by atoms with Crippen LogP contribution in [0.3, 0.4) is 0 Å². The minimum Gasteiger partial charge on any atom is -0.496 e. The van der Waals surface area contributed by atoms with Crippen LogP contribution in [0.1, 0.15) is 40.9 Å². The summed E-state index contributed by atoms with van der Waals surface area (Å²) in [6, 6.07) is 25.4. The summed E-state index contributed by atoms with van der Waals surface area (Å²) < 4.78 is 17.3. The number of hydrogen-bond acceptors (Lipinski definition) is 6. The molecule has 1 N–H and O–H groups in total. The Morgan fingerprint density at radius 2 is 1.60 bits per heavy atom. The van der Waals surface area contributed by atoms with Crippen molar-refractivity contribution in [2.24, 2.45) is 0 Å². The summed E-state index contributed by atoms with van der Waals surface area (Å²) in [4.78, 5) is 15.2. The van der Waals surface area contributed by atoms with Gasteiger partial charge in [-0.2, -0.15) is 0 Å². The van der Waals surface area contributed by atoms with Gasteiger partial charge >= 0.3 is 5.97 Å². The van der Waals surface area contributed by atoms with Crippen LogP contribution in [0.15, 0.2) is 84.9 Å². The number of nitrogens with zero attached hydrogens (tertiary/aromatic N) is 1. The summed E-state index contributed by atoms with van der Waals surface area (Å²) in [6.45, 7) is 6.92. The van der Waals surface area contributed by atoms with Crippen molar-refractivity contribution < 1.29 is 19.0 Å². The Hall–Kier alpha value is -4.71. The second kappa shape index (κ2) is 9.79. The highest BCUT2D eigenvalue weighted by Gasteiger charge is 2.37. The number of anilines is 2. The van der Waals surface area contributed by atoms with Crippen LogP contribution >= 0.6 is 0 Å². The summed E-state index contributed by atoms with van der Waals surface area (Å²) in [6.07, 6.45) is 2.29. The van der Waals surface area contributed by atoms with Gasteiger partial charge in [-0.15, -0.1) is 0 Å². The van der Waals surface area contributed by atoms with E-state index in [9.17, 15) is 4.79 Å². The second-order valence-electron chi connectivity index (χ2n) is 10.7. The SMILES string of the molecule is COc1cc(OC(=O)c2ccccc2C)ccc1-c1ccc2c3c1CN(c1ccccc1OC)C3=CC(C)(C)N2. The van der Waals surface area contributed by atoms with Crippen molar-refractivity contribution in [2.75, 3.05) is 24.4 Å². The third-order valence-corrected chi connectivity index (χ3v) is 7.55. The lowest BCUT2D eigenvalue weighted by molar-refractivity contribution is 0.0733. The van der Waals surface area contributed by atoms with Gasteiger partial charge in [-0.05, 0) is 79.9 Å². The van der Waals surface area contributed by atoms with E-state index in [1.165, 1.54) is 11.1 Å². The van der Waals surface area contributed by atoms with Crippen LogP contribution in [0.25, 0.3) is 16.8 Å². The van der Waals surface area contributed by atoms with E-state index in [4.69, 9.17) is 14.2 Å². The number of para-hydroxylation sites is 2. The average Bonchev–Trinajstić information content (AvgIpc) is 3.32. The summed E-state index contributed by atoms with van der Waals surface area (Å²) in [5.74, 6) is 1.50. The van der Waals surface area contributed by atoms with Gasteiger partial charge in [-0.1, -0.05) is 36.4 Å². The molecule has 0 radical (unpaired) electrons. The summed E-state index contributed by atoms with van der Waals surface area (Å²) >= 11 is 0. The van der Waals surface area contributed by atoms with Gasteiger partial charge in [-0.3, -0.25) is 0 Å². The van der Waals surface area contributed by atoms with Crippen molar-refractivity contribution in [3.63, 3.8) is 0 Å². The number of carbonyl (C=O) groups is 1. The first-order valence-corrected chi connectivity index (χ1v) is 13.3.